The van der Waals surface area contributed by atoms with Crippen LogP contribution in [0.15, 0.2) is 0 Å². The average molecular weight is 497 g/mol. The molecular formula is C32H64O3. The lowest BCUT2D eigenvalue weighted by Gasteiger charge is -2.17. The maximum Gasteiger partial charge on any atom is 0.161 e. The summed E-state index contributed by atoms with van der Waals surface area (Å²) in [7, 11) is 0. The number of ketones is 1. The Morgan fingerprint density at radius 1 is 0.457 bits per heavy atom. The molecule has 0 heterocycles. The van der Waals surface area contributed by atoms with Gasteiger partial charge in [-0.05, 0) is 12.8 Å². The van der Waals surface area contributed by atoms with E-state index in [0.717, 1.165) is 25.7 Å². The highest BCUT2D eigenvalue weighted by molar-refractivity contribution is 5.81. The average Bonchev–Trinajstić information content (AvgIpc) is 2.84. The predicted octanol–water partition coefficient (Wildman–Crippen LogP) is 10.1. The van der Waals surface area contributed by atoms with E-state index >= 15 is 0 Å². The van der Waals surface area contributed by atoms with Crippen LogP contribution in [0.25, 0.3) is 0 Å². The topological polar surface area (TPSA) is 57.5 Å². The van der Waals surface area contributed by atoms with Crippen LogP contribution in [0.4, 0.5) is 0 Å². The van der Waals surface area contributed by atoms with Crippen LogP contribution in [0.3, 0.4) is 0 Å². The molecule has 0 spiro atoms. The smallest absolute Gasteiger partial charge is 0.161 e. The van der Waals surface area contributed by atoms with Crippen molar-refractivity contribution in [2.24, 2.45) is 5.92 Å². The van der Waals surface area contributed by atoms with Crippen LogP contribution in [-0.4, -0.2) is 22.3 Å². The number of hydrogen-bond acceptors (Lipinski definition) is 3. The Morgan fingerprint density at radius 3 is 1.06 bits per heavy atom. The van der Waals surface area contributed by atoms with Crippen molar-refractivity contribution >= 4 is 5.78 Å². The maximum absolute atomic E-state index is 12.5. The predicted molar refractivity (Wildman–Crippen MR) is 153 cm³/mol. The van der Waals surface area contributed by atoms with Crippen molar-refractivity contribution in [1.29, 1.82) is 0 Å². The Morgan fingerprint density at radius 2 is 0.743 bits per heavy atom. The standard InChI is InChI=1S/C32H64O3/c1-3-5-7-9-11-13-15-17-19-21-23-25-27-29-31(33)30(32(34)35)28-26-24-22-20-18-16-14-12-10-8-6-4-2/h30,32,34-35H,3-29H2,1-2H3. The number of hydrogen-bond donors (Lipinski definition) is 2. The normalized spacial score (nSPS) is 12.5. The van der Waals surface area contributed by atoms with Crippen LogP contribution in [-0.2, 0) is 4.79 Å². The fourth-order valence-corrected chi connectivity index (χ4v) is 5.18. The Hall–Kier alpha value is -0.410. The van der Waals surface area contributed by atoms with Gasteiger partial charge >= 0.3 is 0 Å². The molecule has 0 radical (unpaired) electrons. The minimum atomic E-state index is -1.49. The highest BCUT2D eigenvalue weighted by Crippen LogP contribution is 2.20. The van der Waals surface area contributed by atoms with Crippen LogP contribution in [0.5, 0.6) is 0 Å². The molecule has 1 atom stereocenters. The molecule has 0 rings (SSSR count). The number of aliphatic hydroxyl groups excluding tert-OH is 1. The molecule has 0 saturated carbocycles. The lowest BCUT2D eigenvalue weighted by Crippen LogP contribution is -2.28. The summed E-state index contributed by atoms with van der Waals surface area (Å²) in [6.45, 7) is 4.53. The lowest BCUT2D eigenvalue weighted by molar-refractivity contribution is -0.140. The molecule has 3 nitrogen and oxygen atoms in total. The third kappa shape index (κ3) is 25.0. The molecule has 0 bridgehead atoms. The zero-order chi connectivity index (χ0) is 25.8. The van der Waals surface area contributed by atoms with Gasteiger partial charge in [0.05, 0.1) is 5.92 Å². The van der Waals surface area contributed by atoms with Gasteiger partial charge in [0.25, 0.3) is 0 Å². The van der Waals surface area contributed by atoms with E-state index in [-0.39, 0.29) is 5.78 Å². The molecule has 0 aromatic heterocycles. The van der Waals surface area contributed by atoms with Gasteiger partial charge in [-0.25, -0.2) is 0 Å². The van der Waals surface area contributed by atoms with Crippen molar-refractivity contribution in [2.75, 3.05) is 0 Å². The van der Waals surface area contributed by atoms with E-state index in [1.807, 2.05) is 0 Å². The summed E-state index contributed by atoms with van der Waals surface area (Å²) in [4.78, 5) is 12.5. The summed E-state index contributed by atoms with van der Waals surface area (Å²) in [5, 5.41) is 19.4. The third-order valence-electron chi connectivity index (χ3n) is 7.67. The Balaban J connectivity index is 3.57. The number of carbonyl (C=O) groups is 1. The van der Waals surface area contributed by atoms with Gasteiger partial charge in [-0.1, -0.05) is 168 Å². The van der Waals surface area contributed by atoms with E-state index in [2.05, 4.69) is 13.8 Å². The van der Waals surface area contributed by atoms with Crippen LogP contribution >= 0.6 is 0 Å². The first kappa shape index (κ1) is 34.6. The maximum atomic E-state index is 12.5. The summed E-state index contributed by atoms with van der Waals surface area (Å²) in [6.07, 6.45) is 31.9. The summed E-state index contributed by atoms with van der Waals surface area (Å²) in [6, 6.07) is 0. The molecule has 0 fully saturated rings. The minimum absolute atomic E-state index is 0.0612. The third-order valence-corrected chi connectivity index (χ3v) is 7.67. The van der Waals surface area contributed by atoms with E-state index in [1.54, 1.807) is 0 Å². The monoisotopic (exact) mass is 496 g/mol. The van der Waals surface area contributed by atoms with Gasteiger partial charge in [-0.3, -0.25) is 4.79 Å². The molecule has 0 aliphatic carbocycles. The molecule has 0 saturated heterocycles. The van der Waals surface area contributed by atoms with Crippen molar-refractivity contribution < 1.29 is 15.0 Å². The van der Waals surface area contributed by atoms with Gasteiger partial charge in [-0.15, -0.1) is 0 Å². The molecule has 0 amide bonds. The van der Waals surface area contributed by atoms with Gasteiger partial charge in [0, 0.05) is 6.42 Å². The molecular weight excluding hydrogens is 432 g/mol. The number of Topliss-reactive ketones (excluding diaryl/α,β-unsaturated/α-hetero) is 1. The highest BCUT2D eigenvalue weighted by atomic mass is 16.5. The summed E-state index contributed by atoms with van der Waals surface area (Å²) in [5.41, 5.74) is 0. The fourth-order valence-electron chi connectivity index (χ4n) is 5.18. The fraction of sp³-hybridized carbons (Fsp3) is 0.969. The molecule has 2 N–H and O–H groups in total. The van der Waals surface area contributed by atoms with Crippen molar-refractivity contribution in [3.8, 4) is 0 Å². The van der Waals surface area contributed by atoms with Gasteiger partial charge in [-0.2, -0.15) is 0 Å². The molecule has 1 unspecified atom stereocenters. The van der Waals surface area contributed by atoms with Gasteiger partial charge in [0.2, 0.25) is 0 Å². The molecule has 3 heteroatoms. The minimum Gasteiger partial charge on any atom is -0.368 e. The Labute approximate surface area is 220 Å². The summed E-state index contributed by atoms with van der Waals surface area (Å²) < 4.78 is 0. The Kier molecular flexibility index (Phi) is 27.8. The first-order valence-electron chi connectivity index (χ1n) is 16.0. The van der Waals surface area contributed by atoms with E-state index in [4.69, 9.17) is 0 Å². The van der Waals surface area contributed by atoms with E-state index in [0.29, 0.717) is 12.8 Å². The van der Waals surface area contributed by atoms with Gasteiger partial charge < -0.3 is 10.2 Å². The van der Waals surface area contributed by atoms with Crippen molar-refractivity contribution in [3.63, 3.8) is 0 Å². The number of aliphatic hydroxyl groups is 2. The van der Waals surface area contributed by atoms with Crippen molar-refractivity contribution in [2.45, 2.75) is 193 Å². The first-order valence-corrected chi connectivity index (χ1v) is 16.0. The lowest BCUT2D eigenvalue weighted by atomic mass is 9.92. The summed E-state index contributed by atoms with van der Waals surface area (Å²) >= 11 is 0. The largest absolute Gasteiger partial charge is 0.368 e. The van der Waals surface area contributed by atoms with Crippen LogP contribution in [0, 0.1) is 5.92 Å². The van der Waals surface area contributed by atoms with Crippen LogP contribution in [0.1, 0.15) is 187 Å². The second-order valence-corrected chi connectivity index (χ2v) is 11.2. The number of rotatable bonds is 29. The molecule has 35 heavy (non-hydrogen) atoms. The van der Waals surface area contributed by atoms with E-state index in [1.165, 1.54) is 135 Å². The number of unbranched alkanes of at least 4 members (excludes halogenated alkanes) is 23. The summed E-state index contributed by atoms with van der Waals surface area (Å²) in [5.74, 6) is -0.512. The van der Waals surface area contributed by atoms with E-state index < -0.39 is 12.2 Å². The Bertz CT molecular complexity index is 421. The van der Waals surface area contributed by atoms with Crippen LogP contribution < -0.4 is 0 Å². The SMILES string of the molecule is CCCCCCCCCCCCCCCC(=O)C(CCCCCCCCCCCCCC)C(O)O. The molecule has 0 aliphatic rings. The van der Waals surface area contributed by atoms with Crippen LogP contribution in [0.2, 0.25) is 0 Å². The van der Waals surface area contributed by atoms with Gasteiger partial charge in [0.15, 0.2) is 6.29 Å². The zero-order valence-corrected chi connectivity index (χ0v) is 24.0. The molecule has 0 aromatic carbocycles. The zero-order valence-electron chi connectivity index (χ0n) is 24.0. The van der Waals surface area contributed by atoms with Gasteiger partial charge in [0.1, 0.15) is 5.78 Å². The second-order valence-electron chi connectivity index (χ2n) is 11.2. The first-order chi connectivity index (χ1) is 17.1. The quantitative estimate of drug-likeness (QED) is 0.0799. The van der Waals surface area contributed by atoms with Crippen molar-refractivity contribution in [1.82, 2.24) is 0 Å². The van der Waals surface area contributed by atoms with Crippen molar-refractivity contribution in [3.05, 3.63) is 0 Å². The molecule has 0 aromatic rings. The van der Waals surface area contributed by atoms with E-state index in [9.17, 15) is 15.0 Å². The molecule has 0 aliphatic heterocycles. The second kappa shape index (κ2) is 28.2. The highest BCUT2D eigenvalue weighted by Gasteiger charge is 2.23. The molecule has 210 valence electrons. The number of carbonyl (C=O) groups excluding carboxylic acids is 1.